The highest BCUT2D eigenvalue weighted by Gasteiger charge is 2.22. The summed E-state index contributed by atoms with van der Waals surface area (Å²) in [5.41, 5.74) is 3.01. The van der Waals surface area contributed by atoms with Crippen LogP contribution in [-0.4, -0.2) is 30.6 Å². The van der Waals surface area contributed by atoms with E-state index in [9.17, 15) is 0 Å². The van der Waals surface area contributed by atoms with Crippen molar-refractivity contribution in [1.82, 2.24) is 10.2 Å². The van der Waals surface area contributed by atoms with Gasteiger partial charge in [-0.05, 0) is 52.8 Å². The molecule has 0 saturated heterocycles. The topological polar surface area (TPSA) is 15.3 Å². The molecule has 1 aromatic rings. The molecule has 0 aliphatic heterocycles. The summed E-state index contributed by atoms with van der Waals surface area (Å²) in [6.07, 6.45) is 2.33. The summed E-state index contributed by atoms with van der Waals surface area (Å²) in [5.74, 6) is 0. The average molecular weight is 276 g/mol. The van der Waals surface area contributed by atoms with E-state index in [4.69, 9.17) is 0 Å². The summed E-state index contributed by atoms with van der Waals surface area (Å²) in [6.45, 7) is 13.4. The van der Waals surface area contributed by atoms with Crippen molar-refractivity contribution >= 4 is 0 Å². The highest BCUT2D eigenvalue weighted by Crippen LogP contribution is 2.21. The molecule has 0 bridgehead atoms. The fourth-order valence-electron chi connectivity index (χ4n) is 2.33. The predicted octanol–water partition coefficient (Wildman–Crippen LogP) is 4.16. The zero-order chi connectivity index (χ0) is 15.2. The molecule has 1 N–H and O–H groups in total. The van der Waals surface area contributed by atoms with Crippen molar-refractivity contribution in [2.45, 2.75) is 59.0 Å². The molecule has 1 rings (SSSR count). The molecule has 20 heavy (non-hydrogen) atoms. The molecule has 0 aliphatic rings. The summed E-state index contributed by atoms with van der Waals surface area (Å²) in [7, 11) is 2.24. The molecule has 0 spiro atoms. The molecule has 0 aromatic heterocycles. The van der Waals surface area contributed by atoms with E-state index in [-0.39, 0.29) is 5.54 Å². The fourth-order valence-corrected chi connectivity index (χ4v) is 2.33. The van der Waals surface area contributed by atoms with E-state index in [1.807, 2.05) is 0 Å². The first-order chi connectivity index (χ1) is 9.40. The molecule has 0 aliphatic carbocycles. The Balaban J connectivity index is 2.66. The Morgan fingerprint density at radius 2 is 1.75 bits per heavy atom. The van der Waals surface area contributed by atoms with E-state index >= 15 is 0 Å². The maximum absolute atomic E-state index is 3.62. The van der Waals surface area contributed by atoms with Gasteiger partial charge in [-0.1, -0.05) is 43.7 Å². The largest absolute Gasteiger partial charge is 0.310 e. The Bertz CT molecular complexity index is 381. The molecular formula is C18H32N2. The maximum atomic E-state index is 3.62. The van der Waals surface area contributed by atoms with E-state index in [1.165, 1.54) is 17.5 Å². The SMILES string of the molecule is CCNC(CCN(C)C(C)(C)CC)c1ccc(C)cc1. The molecule has 2 nitrogen and oxygen atoms in total. The third kappa shape index (κ3) is 4.92. The second kappa shape index (κ2) is 7.80. The highest BCUT2D eigenvalue weighted by molar-refractivity contribution is 5.24. The third-order valence-corrected chi connectivity index (χ3v) is 4.58. The van der Waals surface area contributed by atoms with Gasteiger partial charge in [-0.15, -0.1) is 0 Å². The van der Waals surface area contributed by atoms with E-state index in [0.29, 0.717) is 6.04 Å². The van der Waals surface area contributed by atoms with Gasteiger partial charge in [-0.2, -0.15) is 0 Å². The Morgan fingerprint density at radius 1 is 1.15 bits per heavy atom. The molecule has 1 aromatic carbocycles. The number of nitrogens with zero attached hydrogens (tertiary/aromatic N) is 1. The molecule has 1 atom stereocenters. The first-order valence-electron chi connectivity index (χ1n) is 7.92. The zero-order valence-electron chi connectivity index (χ0n) is 14.2. The minimum atomic E-state index is 0.282. The third-order valence-electron chi connectivity index (χ3n) is 4.58. The molecular weight excluding hydrogens is 244 g/mol. The summed E-state index contributed by atoms with van der Waals surface area (Å²) in [6, 6.07) is 9.38. The van der Waals surface area contributed by atoms with Crippen LogP contribution in [0.25, 0.3) is 0 Å². The van der Waals surface area contributed by atoms with Crippen LogP contribution >= 0.6 is 0 Å². The van der Waals surface area contributed by atoms with Gasteiger partial charge in [0.2, 0.25) is 0 Å². The lowest BCUT2D eigenvalue weighted by molar-refractivity contribution is 0.144. The number of benzene rings is 1. The molecule has 114 valence electrons. The first-order valence-corrected chi connectivity index (χ1v) is 7.92. The number of nitrogens with one attached hydrogen (secondary N) is 1. The quantitative estimate of drug-likeness (QED) is 0.767. The molecule has 2 heteroatoms. The molecule has 0 fully saturated rings. The minimum Gasteiger partial charge on any atom is -0.310 e. The predicted molar refractivity (Wildman–Crippen MR) is 89.2 cm³/mol. The number of hydrogen-bond donors (Lipinski definition) is 1. The van der Waals surface area contributed by atoms with Gasteiger partial charge in [0, 0.05) is 18.1 Å². The zero-order valence-corrected chi connectivity index (χ0v) is 14.2. The molecule has 0 radical (unpaired) electrons. The van der Waals surface area contributed by atoms with Gasteiger partial charge in [-0.3, -0.25) is 0 Å². The normalized spacial score (nSPS) is 13.8. The number of aryl methyl sites for hydroxylation is 1. The van der Waals surface area contributed by atoms with Crippen LogP contribution in [0.4, 0.5) is 0 Å². The van der Waals surface area contributed by atoms with Gasteiger partial charge in [0.15, 0.2) is 0 Å². The van der Waals surface area contributed by atoms with Crippen LogP contribution in [-0.2, 0) is 0 Å². The van der Waals surface area contributed by atoms with Crippen molar-refractivity contribution in [3.8, 4) is 0 Å². The monoisotopic (exact) mass is 276 g/mol. The van der Waals surface area contributed by atoms with Gasteiger partial charge in [0.25, 0.3) is 0 Å². The van der Waals surface area contributed by atoms with Crippen LogP contribution in [0.15, 0.2) is 24.3 Å². The fraction of sp³-hybridized carbons (Fsp3) is 0.667. The lowest BCUT2D eigenvalue weighted by atomic mass is 9.97. The summed E-state index contributed by atoms with van der Waals surface area (Å²) in [4.78, 5) is 2.48. The molecule has 0 saturated carbocycles. The summed E-state index contributed by atoms with van der Waals surface area (Å²) < 4.78 is 0. The van der Waals surface area contributed by atoms with Crippen LogP contribution in [0, 0.1) is 6.92 Å². The molecule has 1 unspecified atom stereocenters. The Labute approximate surface area is 125 Å². The lowest BCUT2D eigenvalue weighted by Gasteiger charge is -2.36. The van der Waals surface area contributed by atoms with E-state index < -0.39 is 0 Å². The number of hydrogen-bond acceptors (Lipinski definition) is 2. The van der Waals surface area contributed by atoms with Crippen molar-refractivity contribution in [1.29, 1.82) is 0 Å². The standard InChI is InChI=1S/C18H32N2/c1-7-18(4,5)20(6)14-13-17(19-8-2)16-11-9-15(3)10-12-16/h9-12,17,19H,7-8,13-14H2,1-6H3. The van der Waals surface area contributed by atoms with E-state index in [2.05, 4.69) is 76.1 Å². The second-order valence-corrected chi connectivity index (χ2v) is 6.40. The van der Waals surface area contributed by atoms with Crippen molar-refractivity contribution in [2.24, 2.45) is 0 Å². The molecule has 0 amide bonds. The first kappa shape index (κ1) is 17.2. The van der Waals surface area contributed by atoms with Crippen molar-refractivity contribution in [2.75, 3.05) is 20.1 Å². The maximum Gasteiger partial charge on any atom is 0.0332 e. The van der Waals surface area contributed by atoms with Gasteiger partial charge in [0.05, 0.1) is 0 Å². The second-order valence-electron chi connectivity index (χ2n) is 6.40. The lowest BCUT2D eigenvalue weighted by Crippen LogP contribution is -2.42. The van der Waals surface area contributed by atoms with Gasteiger partial charge in [0.1, 0.15) is 0 Å². The summed E-state index contributed by atoms with van der Waals surface area (Å²) >= 11 is 0. The van der Waals surface area contributed by atoms with Gasteiger partial charge >= 0.3 is 0 Å². The Morgan fingerprint density at radius 3 is 2.25 bits per heavy atom. The van der Waals surface area contributed by atoms with E-state index in [0.717, 1.165) is 19.5 Å². The van der Waals surface area contributed by atoms with Crippen molar-refractivity contribution in [3.05, 3.63) is 35.4 Å². The Kier molecular flexibility index (Phi) is 6.70. The summed E-state index contributed by atoms with van der Waals surface area (Å²) in [5, 5.41) is 3.62. The van der Waals surface area contributed by atoms with Crippen molar-refractivity contribution < 1.29 is 0 Å². The highest BCUT2D eigenvalue weighted by atomic mass is 15.2. The van der Waals surface area contributed by atoms with Crippen LogP contribution < -0.4 is 5.32 Å². The number of rotatable bonds is 8. The van der Waals surface area contributed by atoms with Crippen molar-refractivity contribution in [3.63, 3.8) is 0 Å². The van der Waals surface area contributed by atoms with Crippen LogP contribution in [0.5, 0.6) is 0 Å². The van der Waals surface area contributed by atoms with Gasteiger partial charge in [-0.25, -0.2) is 0 Å². The van der Waals surface area contributed by atoms with Crippen LogP contribution in [0.3, 0.4) is 0 Å². The van der Waals surface area contributed by atoms with Crippen LogP contribution in [0.1, 0.15) is 57.7 Å². The minimum absolute atomic E-state index is 0.282. The average Bonchev–Trinajstić information content (AvgIpc) is 2.44. The van der Waals surface area contributed by atoms with Gasteiger partial charge < -0.3 is 10.2 Å². The van der Waals surface area contributed by atoms with Crippen LogP contribution in [0.2, 0.25) is 0 Å². The Hall–Kier alpha value is -0.860. The molecule has 0 heterocycles. The van der Waals surface area contributed by atoms with E-state index in [1.54, 1.807) is 0 Å². The smallest absolute Gasteiger partial charge is 0.0332 e.